The SMILES string of the molecule is CCC(N)CC(=O)Nc1cccc(C(=O)NC)c1C. The molecule has 0 radical (unpaired) electrons. The van der Waals surface area contributed by atoms with E-state index in [1.807, 2.05) is 6.92 Å². The molecule has 0 fully saturated rings. The first-order valence-corrected chi connectivity index (χ1v) is 6.36. The molecule has 1 aromatic rings. The Morgan fingerprint density at radius 1 is 1.37 bits per heavy atom. The first-order chi connectivity index (χ1) is 8.99. The maximum Gasteiger partial charge on any atom is 0.251 e. The van der Waals surface area contributed by atoms with Crippen molar-refractivity contribution in [3.8, 4) is 0 Å². The highest BCUT2D eigenvalue weighted by molar-refractivity contribution is 5.99. The van der Waals surface area contributed by atoms with Gasteiger partial charge in [0.2, 0.25) is 5.91 Å². The summed E-state index contributed by atoms with van der Waals surface area (Å²) in [5.41, 5.74) is 7.69. The van der Waals surface area contributed by atoms with Crippen LogP contribution in [0.25, 0.3) is 0 Å². The number of nitrogens with one attached hydrogen (secondary N) is 2. The molecule has 0 aromatic heterocycles. The lowest BCUT2D eigenvalue weighted by molar-refractivity contribution is -0.116. The van der Waals surface area contributed by atoms with Crippen LogP contribution in [0.2, 0.25) is 0 Å². The fourth-order valence-corrected chi connectivity index (χ4v) is 1.74. The zero-order valence-corrected chi connectivity index (χ0v) is 11.6. The van der Waals surface area contributed by atoms with Gasteiger partial charge < -0.3 is 16.4 Å². The van der Waals surface area contributed by atoms with Crippen LogP contribution >= 0.6 is 0 Å². The van der Waals surface area contributed by atoms with Crippen LogP contribution in [-0.4, -0.2) is 24.9 Å². The number of benzene rings is 1. The second-order valence-electron chi connectivity index (χ2n) is 4.48. The molecule has 0 saturated carbocycles. The molecule has 1 rings (SSSR count). The Hall–Kier alpha value is -1.88. The summed E-state index contributed by atoms with van der Waals surface area (Å²) in [6.07, 6.45) is 1.03. The van der Waals surface area contributed by atoms with Gasteiger partial charge in [-0.05, 0) is 31.0 Å². The number of carbonyl (C=O) groups is 2. The zero-order chi connectivity index (χ0) is 14.4. The highest BCUT2D eigenvalue weighted by atomic mass is 16.2. The first kappa shape index (κ1) is 15.2. The normalized spacial score (nSPS) is 11.8. The Morgan fingerprint density at radius 2 is 2.05 bits per heavy atom. The second-order valence-corrected chi connectivity index (χ2v) is 4.48. The summed E-state index contributed by atoms with van der Waals surface area (Å²) in [6, 6.07) is 5.11. The maximum absolute atomic E-state index is 11.8. The van der Waals surface area contributed by atoms with Crippen molar-refractivity contribution < 1.29 is 9.59 Å². The van der Waals surface area contributed by atoms with E-state index < -0.39 is 0 Å². The van der Waals surface area contributed by atoms with Crippen LogP contribution in [0.1, 0.15) is 35.7 Å². The molecule has 0 aliphatic rings. The van der Waals surface area contributed by atoms with Crippen molar-refractivity contribution >= 4 is 17.5 Å². The third-order valence-electron chi connectivity index (χ3n) is 3.05. The van der Waals surface area contributed by atoms with E-state index in [9.17, 15) is 9.59 Å². The Kier molecular flexibility index (Phi) is 5.51. The van der Waals surface area contributed by atoms with Gasteiger partial charge in [-0.3, -0.25) is 9.59 Å². The Labute approximate surface area is 113 Å². The van der Waals surface area contributed by atoms with Gasteiger partial charge in [0, 0.05) is 30.8 Å². The van der Waals surface area contributed by atoms with Gasteiger partial charge in [0.15, 0.2) is 0 Å². The summed E-state index contributed by atoms with van der Waals surface area (Å²) in [7, 11) is 1.58. The van der Waals surface area contributed by atoms with Crippen LogP contribution in [0.5, 0.6) is 0 Å². The molecule has 0 bridgehead atoms. The lowest BCUT2D eigenvalue weighted by atomic mass is 10.1. The number of carbonyl (C=O) groups excluding carboxylic acids is 2. The molecular weight excluding hydrogens is 242 g/mol. The summed E-state index contributed by atoms with van der Waals surface area (Å²) >= 11 is 0. The number of hydrogen-bond acceptors (Lipinski definition) is 3. The van der Waals surface area contributed by atoms with E-state index in [0.29, 0.717) is 11.3 Å². The van der Waals surface area contributed by atoms with Crippen molar-refractivity contribution in [3.63, 3.8) is 0 Å². The molecule has 1 atom stereocenters. The van der Waals surface area contributed by atoms with Crippen LogP contribution in [0.15, 0.2) is 18.2 Å². The van der Waals surface area contributed by atoms with Gasteiger partial charge in [0.25, 0.3) is 5.91 Å². The smallest absolute Gasteiger partial charge is 0.251 e. The number of nitrogens with two attached hydrogens (primary N) is 1. The lowest BCUT2D eigenvalue weighted by Gasteiger charge is -2.13. The van der Waals surface area contributed by atoms with Gasteiger partial charge in [0.1, 0.15) is 0 Å². The van der Waals surface area contributed by atoms with Crippen LogP contribution < -0.4 is 16.4 Å². The predicted molar refractivity (Wildman–Crippen MR) is 76.1 cm³/mol. The van der Waals surface area contributed by atoms with E-state index in [2.05, 4.69) is 10.6 Å². The van der Waals surface area contributed by atoms with E-state index in [1.54, 1.807) is 32.2 Å². The first-order valence-electron chi connectivity index (χ1n) is 6.36. The zero-order valence-electron chi connectivity index (χ0n) is 11.6. The molecule has 5 nitrogen and oxygen atoms in total. The number of hydrogen-bond donors (Lipinski definition) is 3. The number of anilines is 1. The minimum absolute atomic E-state index is 0.133. The van der Waals surface area contributed by atoms with E-state index in [4.69, 9.17) is 5.73 Å². The van der Waals surface area contributed by atoms with Crippen LogP contribution in [0, 0.1) is 6.92 Å². The van der Waals surface area contributed by atoms with Gasteiger partial charge in [-0.2, -0.15) is 0 Å². The van der Waals surface area contributed by atoms with E-state index in [-0.39, 0.29) is 24.3 Å². The van der Waals surface area contributed by atoms with Gasteiger partial charge in [-0.1, -0.05) is 13.0 Å². The molecule has 0 aliphatic carbocycles. The maximum atomic E-state index is 11.8. The summed E-state index contributed by atoms with van der Waals surface area (Å²) in [5, 5.41) is 5.37. The fourth-order valence-electron chi connectivity index (χ4n) is 1.74. The van der Waals surface area contributed by atoms with Crippen molar-refractivity contribution in [1.29, 1.82) is 0 Å². The number of amides is 2. The van der Waals surface area contributed by atoms with Gasteiger partial charge in [-0.15, -0.1) is 0 Å². The van der Waals surface area contributed by atoms with Crippen molar-refractivity contribution in [1.82, 2.24) is 5.32 Å². The topological polar surface area (TPSA) is 84.2 Å². The summed E-state index contributed by atoms with van der Waals surface area (Å²) < 4.78 is 0. The molecule has 0 spiro atoms. The molecule has 19 heavy (non-hydrogen) atoms. The largest absolute Gasteiger partial charge is 0.355 e. The van der Waals surface area contributed by atoms with Crippen molar-refractivity contribution in [2.24, 2.45) is 5.73 Å². The fraction of sp³-hybridized carbons (Fsp3) is 0.429. The molecule has 1 aromatic carbocycles. The molecule has 0 saturated heterocycles. The van der Waals surface area contributed by atoms with Crippen LogP contribution in [0.3, 0.4) is 0 Å². The van der Waals surface area contributed by atoms with Crippen LogP contribution in [0.4, 0.5) is 5.69 Å². The molecular formula is C14H21N3O2. The van der Waals surface area contributed by atoms with Crippen molar-refractivity contribution in [2.45, 2.75) is 32.7 Å². The Balaban J connectivity index is 2.85. The lowest BCUT2D eigenvalue weighted by Crippen LogP contribution is -2.26. The van der Waals surface area contributed by atoms with E-state index in [0.717, 1.165) is 12.0 Å². The Morgan fingerprint density at radius 3 is 2.63 bits per heavy atom. The molecule has 4 N–H and O–H groups in total. The second kappa shape index (κ2) is 6.89. The minimum atomic E-state index is -0.168. The Bertz CT molecular complexity index is 472. The summed E-state index contributed by atoms with van der Waals surface area (Å²) in [6.45, 7) is 3.75. The highest BCUT2D eigenvalue weighted by Gasteiger charge is 2.13. The molecule has 0 heterocycles. The van der Waals surface area contributed by atoms with Crippen molar-refractivity contribution in [2.75, 3.05) is 12.4 Å². The predicted octanol–water partition coefficient (Wildman–Crippen LogP) is 1.42. The molecule has 2 amide bonds. The van der Waals surface area contributed by atoms with Gasteiger partial charge in [-0.25, -0.2) is 0 Å². The quantitative estimate of drug-likeness (QED) is 0.751. The summed E-state index contributed by atoms with van der Waals surface area (Å²) in [5.74, 6) is -0.301. The molecule has 0 aliphatic heterocycles. The third kappa shape index (κ3) is 4.06. The average molecular weight is 263 g/mol. The average Bonchev–Trinajstić information content (AvgIpc) is 2.40. The van der Waals surface area contributed by atoms with E-state index >= 15 is 0 Å². The van der Waals surface area contributed by atoms with Gasteiger partial charge in [0.05, 0.1) is 0 Å². The monoisotopic (exact) mass is 263 g/mol. The van der Waals surface area contributed by atoms with Gasteiger partial charge >= 0.3 is 0 Å². The summed E-state index contributed by atoms with van der Waals surface area (Å²) in [4.78, 5) is 23.4. The number of rotatable bonds is 5. The van der Waals surface area contributed by atoms with E-state index in [1.165, 1.54) is 0 Å². The van der Waals surface area contributed by atoms with Crippen LogP contribution in [-0.2, 0) is 4.79 Å². The standard InChI is InChI=1S/C14H21N3O2/c1-4-10(15)8-13(18)17-12-7-5-6-11(9(12)2)14(19)16-3/h5-7,10H,4,8,15H2,1-3H3,(H,16,19)(H,17,18). The molecule has 104 valence electrons. The minimum Gasteiger partial charge on any atom is -0.355 e. The highest BCUT2D eigenvalue weighted by Crippen LogP contribution is 2.19. The van der Waals surface area contributed by atoms with Crippen molar-refractivity contribution in [3.05, 3.63) is 29.3 Å². The third-order valence-corrected chi connectivity index (χ3v) is 3.05. The molecule has 1 unspecified atom stereocenters. The molecule has 5 heteroatoms.